The van der Waals surface area contributed by atoms with Crippen LogP contribution in [0.2, 0.25) is 103 Å². The number of rotatable bonds is 28. The minimum absolute atomic E-state index is 0.0257. The van der Waals surface area contributed by atoms with Gasteiger partial charge < -0.3 is 70.1 Å². The molecule has 3 amide bonds. The lowest BCUT2D eigenvalue weighted by atomic mass is 9.87. The molecule has 662 valence electrons. The molecule has 0 spiro atoms. The molecule has 32 nitrogen and oxygen atoms in total. The Hall–Kier alpha value is -8.19. The molecule has 9 atom stereocenters. The topological polar surface area (TPSA) is 368 Å². The van der Waals surface area contributed by atoms with E-state index in [1.807, 2.05) is 83.7 Å². The van der Waals surface area contributed by atoms with Gasteiger partial charge in [-0.1, -0.05) is 78.6 Å². The molecule has 6 bridgehead atoms. The molecule has 0 saturated carbocycles. The van der Waals surface area contributed by atoms with Crippen molar-refractivity contribution < 1.29 is 42.8 Å². The molecular weight excluding hydrogens is 1730 g/mol. The first-order valence-corrected chi connectivity index (χ1v) is 59.4. The molecule has 15 heterocycles. The summed E-state index contributed by atoms with van der Waals surface area (Å²) in [7, 11) is -4.93. The average Bonchev–Trinajstić information content (AvgIpc) is 1.59. The highest BCUT2D eigenvalue weighted by molar-refractivity contribution is 14.1. The molecule has 8 aromatic heterocycles. The highest BCUT2D eigenvalue weighted by Gasteiger charge is 2.49. The molecule has 122 heavy (non-hydrogen) atoms. The zero-order chi connectivity index (χ0) is 87.5. The number of carbonyl (C=O) groups excluding carboxylic acids is 3. The number of fused-ring (bicyclic) bond motifs is 9. The Balaban J connectivity index is 0.000000160. The first-order valence-electron chi connectivity index (χ1n) is 43.5. The van der Waals surface area contributed by atoms with Crippen LogP contribution in [0.25, 0.3) is 39.2 Å². The summed E-state index contributed by atoms with van der Waals surface area (Å²) >= 11 is 2.33. The van der Waals surface area contributed by atoms with Crippen LogP contribution < -0.4 is 27.0 Å². The Labute approximate surface area is 735 Å². The highest BCUT2D eigenvalue weighted by Crippen LogP contribution is 2.48. The Bertz CT molecular complexity index is 4950. The molecule has 15 rings (SSSR count). The van der Waals surface area contributed by atoms with Gasteiger partial charge in [0.1, 0.15) is 61.3 Å². The van der Waals surface area contributed by atoms with Crippen LogP contribution in [0.4, 0.5) is 38.9 Å². The number of anilines is 5. The maximum Gasteiger partial charge on any atom is 0.410 e. The van der Waals surface area contributed by atoms with Crippen LogP contribution in [0.15, 0.2) is 71.8 Å². The number of halogens is 1. The van der Waals surface area contributed by atoms with Crippen LogP contribution in [0.1, 0.15) is 160 Å². The van der Waals surface area contributed by atoms with Gasteiger partial charge in [-0.3, -0.25) is 4.79 Å². The van der Waals surface area contributed by atoms with Crippen molar-refractivity contribution in [1.82, 2.24) is 78.4 Å². The molecule has 7 aliphatic rings. The van der Waals surface area contributed by atoms with E-state index in [1.165, 1.54) is 0 Å². The van der Waals surface area contributed by atoms with Crippen LogP contribution >= 0.6 is 22.6 Å². The van der Waals surface area contributed by atoms with E-state index in [0.717, 1.165) is 175 Å². The average molecular weight is 1860 g/mol. The summed E-state index contributed by atoms with van der Waals surface area (Å²) in [5.74, 6) is 3.43. The van der Waals surface area contributed by atoms with E-state index in [4.69, 9.17) is 70.8 Å². The predicted octanol–water partition coefficient (Wildman–Crippen LogP) is 15.7. The molecule has 6 saturated heterocycles. The minimum Gasteiger partial charge on any atom is -0.444 e. The second kappa shape index (κ2) is 37.9. The van der Waals surface area contributed by atoms with Crippen molar-refractivity contribution in [2.75, 3.05) is 80.4 Å². The smallest absolute Gasteiger partial charge is 0.410 e. The third kappa shape index (κ3) is 23.3. The van der Waals surface area contributed by atoms with Crippen molar-refractivity contribution in [3.8, 4) is 22.3 Å². The lowest BCUT2D eigenvalue weighted by molar-refractivity contribution is -0.128. The van der Waals surface area contributed by atoms with Crippen molar-refractivity contribution in [1.29, 1.82) is 0 Å². The third-order valence-corrected chi connectivity index (χ3v) is 31.3. The van der Waals surface area contributed by atoms with E-state index in [2.05, 4.69) is 158 Å². The second-order valence-electron chi connectivity index (χ2n) is 40.8. The molecule has 0 aromatic carbocycles. The van der Waals surface area contributed by atoms with Gasteiger partial charge in [0.15, 0.2) is 16.9 Å². The summed E-state index contributed by atoms with van der Waals surface area (Å²) < 4.78 is 43.2. The van der Waals surface area contributed by atoms with E-state index < -0.39 is 43.5 Å². The number of hydrogen-bond acceptors (Lipinski definition) is 26. The third-order valence-electron chi connectivity index (χ3n) is 23.7. The van der Waals surface area contributed by atoms with Crippen LogP contribution in [-0.2, 0) is 33.2 Å². The van der Waals surface area contributed by atoms with Gasteiger partial charge in [0.2, 0.25) is 11.9 Å². The molecule has 3 unspecified atom stereocenters. The Kier molecular flexibility index (Phi) is 28.5. The number of nitrogens with zero attached hydrogens (tertiary/aromatic N) is 20. The lowest BCUT2D eigenvalue weighted by Crippen LogP contribution is -2.48. The van der Waals surface area contributed by atoms with Gasteiger partial charge in [-0.25, -0.2) is 44.5 Å². The molecular formula is C85H130IN23O9Si4. The standard InChI is InChI=1S/C34H56N8O4Si2.C30H52IN5O4Si2.C21H22N10O/c1-34(2,3)46-33(43)41-26-10-11-27(41)17-24(16-26)29-18-30(42-31(39-29)28(21-38-42)25-19-36-32(35)37-20-25)40(22-44-12-14-47(4,5)6)23-45-13-15-48(7,8)9;1-30(2,3)40-29(37)35-23-10-11-24(35)17-22(16-23)26-18-27(36-28(33-26)25(31)19-32-36)34(20-38-12-14-41(4,5)6)21-39-13-15-42(7,8)9;22-18-7-17(28-19-15(10-27-31(18)19)12-8-24-21(23)25-9-12)11-5-13-1-2-14(6-11)30(13)20(32)16-3-4-26-29-16/h18-21,24,26-27H,10-17,22-23H2,1-9H3,(H2,35,36,37);18-19,22-24H,10-17,20-21H2,1-9H3;4,7-11,13-14H,1-3,5-6,22H2,(H2,23,24,25)/t24?,26-,27+;22?,23-,24+;11?,13-,14+. The summed E-state index contributed by atoms with van der Waals surface area (Å²) in [6, 6.07) is 11.6. The number of hydrogen-bond donors (Lipinski definition) is 3. The fourth-order valence-corrected chi connectivity index (χ4v) is 20.8. The minimum atomic E-state index is -1.26. The maximum atomic E-state index is 13.2. The summed E-state index contributed by atoms with van der Waals surface area (Å²) in [4.78, 5) is 81.6. The van der Waals surface area contributed by atoms with Gasteiger partial charge >= 0.3 is 12.2 Å². The first kappa shape index (κ1) is 91.5. The molecule has 37 heteroatoms. The van der Waals surface area contributed by atoms with Crippen molar-refractivity contribution in [2.45, 2.75) is 293 Å². The quantitative estimate of drug-likeness (QED) is 0.0177. The van der Waals surface area contributed by atoms with Gasteiger partial charge in [0.25, 0.3) is 5.91 Å². The Morgan fingerprint density at radius 1 is 0.451 bits per heavy atom. The number of nitrogens with two attached hydrogens (primary N) is 3. The van der Waals surface area contributed by atoms with E-state index in [9.17, 15) is 14.4 Å². The first-order chi connectivity index (χ1) is 57.6. The van der Waals surface area contributed by atoms with Crippen molar-refractivity contribution in [3.63, 3.8) is 0 Å². The molecule has 0 radical (unpaired) electrons. The fraction of sp³-hybridized carbons (Fsp3) is 0.635. The molecule has 6 fully saturated rings. The predicted molar refractivity (Wildman–Crippen MR) is 498 cm³/mol. The fourth-order valence-electron chi connectivity index (χ4n) is 17.3. The van der Waals surface area contributed by atoms with E-state index in [1.54, 1.807) is 41.7 Å². The summed E-state index contributed by atoms with van der Waals surface area (Å²) in [5.41, 5.74) is 25.7. The Morgan fingerprint density at radius 3 is 1.13 bits per heavy atom. The highest BCUT2D eigenvalue weighted by atomic mass is 127. The van der Waals surface area contributed by atoms with Gasteiger partial charge in [0.05, 0.1) is 22.2 Å². The largest absolute Gasteiger partial charge is 0.444 e. The van der Waals surface area contributed by atoms with Gasteiger partial charge in [-0.15, -0.1) is 5.10 Å². The van der Waals surface area contributed by atoms with E-state index >= 15 is 0 Å². The van der Waals surface area contributed by atoms with Crippen LogP contribution in [-0.4, -0.2) is 242 Å². The van der Waals surface area contributed by atoms with Crippen LogP contribution in [0, 0.1) is 3.57 Å². The number of piperidine rings is 3. The number of aromatic nitrogens is 13. The number of carbonyl (C=O) groups is 3. The second-order valence-corrected chi connectivity index (χ2v) is 64.5. The summed E-state index contributed by atoms with van der Waals surface area (Å²) in [5, 5.41) is 21.8. The van der Waals surface area contributed by atoms with E-state index in [-0.39, 0.29) is 84.0 Å². The zero-order valence-corrected chi connectivity index (χ0v) is 81.1. The summed E-state index contributed by atoms with van der Waals surface area (Å²) in [6.07, 6.45) is 25.1. The molecule has 8 aromatic rings. The number of amides is 3. The monoisotopic (exact) mass is 1860 g/mol. The van der Waals surface area contributed by atoms with Crippen molar-refractivity contribution in [2.24, 2.45) is 10.2 Å². The van der Waals surface area contributed by atoms with Crippen LogP contribution in [0.5, 0.6) is 0 Å². The van der Waals surface area contributed by atoms with Gasteiger partial charge in [-0.05, 0) is 165 Å². The maximum absolute atomic E-state index is 13.2. The molecule has 7 aliphatic heterocycles. The zero-order valence-electron chi connectivity index (χ0n) is 75.0. The van der Waals surface area contributed by atoms with Gasteiger partial charge in [0, 0.05) is 208 Å². The summed E-state index contributed by atoms with van der Waals surface area (Å²) in [6.45, 7) is 44.5. The van der Waals surface area contributed by atoms with Crippen molar-refractivity contribution in [3.05, 3.63) is 82.2 Å². The Morgan fingerprint density at radius 2 is 0.779 bits per heavy atom. The molecule has 6 N–H and O–H groups in total. The number of ether oxygens (including phenoxy) is 6. The van der Waals surface area contributed by atoms with E-state index in [0.29, 0.717) is 69.4 Å². The normalized spacial score (nSPS) is 21.6. The SMILES string of the molecule is CC(C)(C)OC(=O)N1[C@@H]2CC[C@H]1CC(c1cc(N(COCC[Si](C)(C)C)COCC[Si](C)(C)C)n3ncc(-c4cnc(N)nc4)c3n1)C2.CC(C)(C)OC(=O)N1[C@@H]2CC[C@H]1CC(c1cc(N(COCC[Si](C)(C)C)COCC[Si](C)(C)C)n3ncc(I)c3n1)C2.Nc1ncc(-c2cnn3c(N)cc(C4C[C@H]5CC[C@@H](C4)N5C(=O)C4=NN=CC4)nc23)cn1. The van der Waals surface area contributed by atoms with Crippen molar-refractivity contribution >= 4 is 131 Å². The lowest BCUT2D eigenvalue weighted by Gasteiger charge is -2.39. The van der Waals surface area contributed by atoms with Crippen LogP contribution in [0.3, 0.4) is 0 Å². The molecule has 0 aliphatic carbocycles. The number of nitrogen functional groups attached to an aromatic ring is 3. The van der Waals surface area contributed by atoms with Gasteiger partial charge in [-0.2, -0.15) is 33.9 Å².